The van der Waals surface area contributed by atoms with Crippen molar-refractivity contribution in [2.24, 2.45) is 0 Å². The summed E-state index contributed by atoms with van der Waals surface area (Å²) in [6, 6.07) is 7.01. The molecule has 3 atom stereocenters. The number of carbonyl (C=O) groups is 3. The van der Waals surface area contributed by atoms with Gasteiger partial charge in [0, 0.05) is 18.2 Å². The molecule has 3 aromatic rings. The summed E-state index contributed by atoms with van der Waals surface area (Å²) in [5.74, 6) is -3.24. The third-order valence-corrected chi connectivity index (χ3v) is 7.87. The van der Waals surface area contributed by atoms with Gasteiger partial charge in [0.2, 0.25) is 0 Å². The smallest absolute Gasteiger partial charge is 0.345 e. The first-order chi connectivity index (χ1) is 19.2. The molecule has 41 heavy (non-hydrogen) atoms. The molecule has 3 rings (SSSR count). The minimum Gasteiger partial charge on any atom is -0.548 e. The second kappa shape index (κ2) is 14.9. The van der Waals surface area contributed by atoms with Crippen molar-refractivity contribution in [1.82, 2.24) is 24.2 Å². The van der Waals surface area contributed by atoms with Gasteiger partial charge in [-0.3, -0.25) is 4.57 Å². The molecule has 15 nitrogen and oxygen atoms in total. The van der Waals surface area contributed by atoms with Gasteiger partial charge in [0.1, 0.15) is 23.9 Å². The molecule has 2 aromatic heterocycles. The van der Waals surface area contributed by atoms with E-state index in [1.165, 1.54) is 17.9 Å². The number of imidazole rings is 1. The highest BCUT2D eigenvalue weighted by Crippen LogP contribution is 2.53. The van der Waals surface area contributed by atoms with E-state index in [1.54, 1.807) is 62.0 Å². The summed E-state index contributed by atoms with van der Waals surface area (Å²) in [7, 11) is -3.80. The van der Waals surface area contributed by atoms with Crippen molar-refractivity contribution < 1.29 is 43.5 Å². The number of aromatic nitrogens is 4. The molecule has 0 fully saturated rings. The van der Waals surface area contributed by atoms with E-state index in [1.807, 2.05) is 0 Å². The SMILES string of the molecule is CC(C)N([C@@H](C)C(=O)[O-])P(=O)(CO[C@H](C)Cn1cnc2c(N)ncnc21)Oc1ccccc1.O=C(O)/C=C/C(=O)O. The van der Waals surface area contributed by atoms with Gasteiger partial charge < -0.3 is 39.7 Å². The minimum atomic E-state index is -3.80. The molecule has 222 valence electrons. The van der Waals surface area contributed by atoms with Gasteiger partial charge in [-0.05, 0) is 39.8 Å². The molecule has 0 amide bonds. The maximum atomic E-state index is 14.1. The van der Waals surface area contributed by atoms with Gasteiger partial charge >= 0.3 is 19.5 Å². The number of nitrogen functional groups attached to an aromatic ring is 1. The Labute approximate surface area is 235 Å². The van der Waals surface area contributed by atoms with E-state index >= 15 is 0 Å². The van der Waals surface area contributed by atoms with E-state index in [0.717, 1.165) is 0 Å². The molecule has 0 aliphatic rings. The zero-order valence-electron chi connectivity index (χ0n) is 22.9. The van der Waals surface area contributed by atoms with Crippen LogP contribution in [0.4, 0.5) is 5.82 Å². The molecule has 1 aromatic carbocycles. The third kappa shape index (κ3) is 9.67. The largest absolute Gasteiger partial charge is 0.548 e. The van der Waals surface area contributed by atoms with Crippen LogP contribution in [0, 0.1) is 0 Å². The average Bonchev–Trinajstić information content (AvgIpc) is 3.31. The van der Waals surface area contributed by atoms with Gasteiger partial charge in [-0.25, -0.2) is 29.2 Å². The lowest BCUT2D eigenvalue weighted by Gasteiger charge is -2.38. The van der Waals surface area contributed by atoms with E-state index in [-0.39, 0.29) is 12.2 Å². The van der Waals surface area contributed by atoms with Crippen molar-refractivity contribution in [2.45, 2.75) is 52.4 Å². The van der Waals surface area contributed by atoms with Crippen molar-refractivity contribution >= 4 is 42.4 Å². The van der Waals surface area contributed by atoms with E-state index in [9.17, 15) is 24.1 Å². The molecule has 0 saturated heterocycles. The number of carboxylic acids is 3. The summed E-state index contributed by atoms with van der Waals surface area (Å²) in [4.78, 5) is 43.1. The van der Waals surface area contributed by atoms with Crippen LogP contribution in [0.3, 0.4) is 0 Å². The van der Waals surface area contributed by atoms with Crippen LogP contribution in [-0.4, -0.2) is 76.8 Å². The fourth-order valence-electron chi connectivity index (χ4n) is 3.68. The highest BCUT2D eigenvalue weighted by Gasteiger charge is 2.40. The van der Waals surface area contributed by atoms with Crippen molar-refractivity contribution in [3.63, 3.8) is 0 Å². The Morgan fingerprint density at radius 3 is 2.22 bits per heavy atom. The molecule has 0 saturated carbocycles. The zero-order chi connectivity index (χ0) is 30.7. The van der Waals surface area contributed by atoms with E-state index < -0.39 is 43.6 Å². The van der Waals surface area contributed by atoms with Crippen LogP contribution in [0.2, 0.25) is 0 Å². The molecule has 0 aliphatic heterocycles. The number of hydrogen-bond donors (Lipinski definition) is 3. The normalized spacial score (nSPS) is 14.3. The fraction of sp³-hybridized carbons (Fsp3) is 0.360. The summed E-state index contributed by atoms with van der Waals surface area (Å²) in [6.45, 7) is 7.04. The van der Waals surface area contributed by atoms with Crippen LogP contribution in [0.25, 0.3) is 11.2 Å². The standard InChI is InChI=1S/C21H29N6O5P.C4H4O4/c1-14(2)27(16(4)21(28)29)33(30,32-17-8-6-5-7-9-17)13-31-15(3)10-26-12-25-18-19(22)23-11-24-20(18)26;5-3(6)1-2-4(7)8/h5-9,11-12,14-16H,10,13H2,1-4H3,(H,28,29)(H2,22,23,24);1-2H,(H,5,6)(H,7,8)/p-1/b;2-1+/t15-,16+,33?;/m1./s1. The summed E-state index contributed by atoms with van der Waals surface area (Å²) in [5, 5.41) is 27.3. The molecule has 0 spiro atoms. The lowest BCUT2D eigenvalue weighted by molar-refractivity contribution is -0.310. The van der Waals surface area contributed by atoms with Gasteiger partial charge in [0.15, 0.2) is 11.5 Å². The molecule has 0 bridgehead atoms. The topological polar surface area (TPSA) is 223 Å². The predicted octanol–water partition coefficient (Wildman–Crippen LogP) is 1.60. The molecule has 0 aliphatic carbocycles. The van der Waals surface area contributed by atoms with Crippen LogP contribution < -0.4 is 15.4 Å². The number of carboxylic acid groups (broad SMARTS) is 3. The Kier molecular flexibility index (Phi) is 11.9. The van der Waals surface area contributed by atoms with Gasteiger partial charge in [-0.2, -0.15) is 0 Å². The van der Waals surface area contributed by atoms with Gasteiger partial charge in [0.05, 0.1) is 31.0 Å². The number of rotatable bonds is 13. The maximum Gasteiger partial charge on any atom is 0.345 e. The second-order valence-electron chi connectivity index (χ2n) is 8.95. The number of nitrogens with two attached hydrogens (primary N) is 1. The molecule has 4 N–H and O–H groups in total. The van der Waals surface area contributed by atoms with Gasteiger partial charge in [0.25, 0.3) is 0 Å². The van der Waals surface area contributed by atoms with Crippen LogP contribution in [-0.2, 0) is 30.2 Å². The van der Waals surface area contributed by atoms with Crippen molar-refractivity contribution in [1.29, 1.82) is 0 Å². The lowest BCUT2D eigenvalue weighted by atomic mass is 10.3. The third-order valence-electron chi connectivity index (χ3n) is 5.38. The number of hydrogen-bond acceptors (Lipinski definition) is 11. The molecule has 2 heterocycles. The Bertz CT molecular complexity index is 1400. The summed E-state index contributed by atoms with van der Waals surface area (Å²) in [5.41, 5.74) is 6.87. The van der Waals surface area contributed by atoms with Crippen molar-refractivity contribution in [2.75, 3.05) is 12.1 Å². The first kappa shape index (κ1) is 32.9. The van der Waals surface area contributed by atoms with Crippen LogP contribution in [0.5, 0.6) is 5.75 Å². The maximum absolute atomic E-state index is 14.1. The molecular formula is C25H32N6O9P-. The second-order valence-corrected chi connectivity index (χ2v) is 11.1. The van der Waals surface area contributed by atoms with Crippen LogP contribution >= 0.6 is 7.52 Å². The van der Waals surface area contributed by atoms with Crippen LogP contribution in [0.1, 0.15) is 27.7 Å². The summed E-state index contributed by atoms with van der Waals surface area (Å²) in [6.07, 6.45) is 3.28. The first-order valence-corrected chi connectivity index (χ1v) is 14.0. The number of benzene rings is 1. The summed E-state index contributed by atoms with van der Waals surface area (Å²) >= 11 is 0. The Balaban J connectivity index is 0.000000642. The molecule has 16 heteroatoms. The first-order valence-electron chi connectivity index (χ1n) is 12.2. The average molecular weight is 592 g/mol. The minimum absolute atomic E-state index is 0.275. The number of aliphatic carboxylic acids is 3. The van der Waals surface area contributed by atoms with Crippen molar-refractivity contribution in [3.8, 4) is 5.75 Å². The summed E-state index contributed by atoms with van der Waals surface area (Å²) < 4.78 is 28.9. The zero-order valence-corrected chi connectivity index (χ0v) is 23.7. The number of anilines is 1. The Hall–Kier alpha value is -4.33. The quantitative estimate of drug-likeness (QED) is 0.190. The number of para-hydroxylation sites is 1. The Morgan fingerprint density at radius 2 is 1.68 bits per heavy atom. The van der Waals surface area contributed by atoms with E-state index in [2.05, 4.69) is 15.0 Å². The predicted molar refractivity (Wildman–Crippen MR) is 146 cm³/mol. The molecular weight excluding hydrogens is 559 g/mol. The Morgan fingerprint density at radius 1 is 1.07 bits per heavy atom. The highest BCUT2D eigenvalue weighted by atomic mass is 31.2. The van der Waals surface area contributed by atoms with Gasteiger partial charge in [-0.1, -0.05) is 18.2 Å². The number of nitrogens with zero attached hydrogens (tertiary/aromatic N) is 5. The number of ether oxygens (including phenoxy) is 1. The van der Waals surface area contributed by atoms with E-state index in [4.69, 9.17) is 25.2 Å². The number of carbonyl (C=O) groups excluding carboxylic acids is 1. The van der Waals surface area contributed by atoms with Gasteiger partial charge in [-0.15, -0.1) is 0 Å². The molecule has 1 unspecified atom stereocenters. The highest BCUT2D eigenvalue weighted by molar-refractivity contribution is 7.56. The number of fused-ring (bicyclic) bond motifs is 1. The van der Waals surface area contributed by atoms with Crippen molar-refractivity contribution in [3.05, 3.63) is 55.1 Å². The fourth-order valence-corrected chi connectivity index (χ4v) is 6.18. The monoisotopic (exact) mass is 591 g/mol. The van der Waals surface area contributed by atoms with Crippen LogP contribution in [0.15, 0.2) is 55.1 Å². The van der Waals surface area contributed by atoms with E-state index in [0.29, 0.717) is 35.6 Å². The lowest BCUT2D eigenvalue weighted by Crippen LogP contribution is -2.48. The molecule has 0 radical (unpaired) electrons.